The maximum atomic E-state index is 5.70. The molecule has 0 radical (unpaired) electrons. The highest BCUT2D eigenvalue weighted by Gasteiger charge is 2.00. The van der Waals surface area contributed by atoms with Crippen molar-refractivity contribution >= 4 is 27.3 Å². The molecule has 0 aliphatic rings. The number of hydrogen-bond donors (Lipinski definition) is 1. The number of hydrogen-bond acceptors (Lipinski definition) is 3. The Morgan fingerprint density at radius 3 is 2.88 bits per heavy atom. The van der Waals surface area contributed by atoms with Crippen LogP contribution in [0.5, 0.6) is 5.75 Å². The van der Waals surface area contributed by atoms with Gasteiger partial charge in [0.05, 0.1) is 0 Å². The molecule has 2 rings (SSSR count). The van der Waals surface area contributed by atoms with Gasteiger partial charge in [-0.3, -0.25) is 0 Å². The lowest BCUT2D eigenvalue weighted by Gasteiger charge is -2.07. The minimum atomic E-state index is 0.523. The first-order valence-corrected chi connectivity index (χ1v) is 6.60. The lowest BCUT2D eigenvalue weighted by atomic mass is 10.2. The third-order valence-electron chi connectivity index (χ3n) is 2.13. The van der Waals surface area contributed by atoms with Crippen LogP contribution in [0.3, 0.4) is 0 Å². The van der Waals surface area contributed by atoms with Crippen LogP contribution < -0.4 is 10.5 Å². The van der Waals surface area contributed by atoms with Gasteiger partial charge in [-0.15, -0.1) is 11.3 Å². The van der Waals surface area contributed by atoms with Crippen molar-refractivity contribution in [3.8, 4) is 5.75 Å². The Labute approximate surface area is 107 Å². The zero-order valence-corrected chi connectivity index (χ0v) is 11.1. The van der Waals surface area contributed by atoms with Crippen LogP contribution in [0.2, 0.25) is 0 Å². The fourth-order valence-corrected chi connectivity index (χ4v) is 2.51. The maximum Gasteiger partial charge on any atom is 0.122 e. The molecule has 0 spiro atoms. The van der Waals surface area contributed by atoms with Gasteiger partial charge < -0.3 is 10.5 Å². The van der Waals surface area contributed by atoms with Crippen molar-refractivity contribution in [1.82, 2.24) is 0 Å². The molecule has 0 saturated heterocycles. The second-order valence-electron chi connectivity index (χ2n) is 3.37. The van der Waals surface area contributed by atoms with E-state index in [0.717, 1.165) is 15.8 Å². The molecule has 0 atom stereocenters. The van der Waals surface area contributed by atoms with Crippen molar-refractivity contribution < 1.29 is 4.74 Å². The normalized spacial score (nSPS) is 10.4. The van der Waals surface area contributed by atoms with E-state index in [1.54, 1.807) is 11.3 Å². The first kappa shape index (κ1) is 11.6. The van der Waals surface area contributed by atoms with E-state index in [0.29, 0.717) is 13.2 Å². The number of ether oxygens (including phenoxy) is 1. The summed E-state index contributed by atoms with van der Waals surface area (Å²) in [5, 5.41) is 2.05. The second kappa shape index (κ2) is 5.48. The SMILES string of the molecule is NCc1cc(Br)cc(OCc2cccs2)c1. The molecule has 0 bridgehead atoms. The van der Waals surface area contributed by atoms with E-state index < -0.39 is 0 Å². The Kier molecular flexibility index (Phi) is 3.98. The van der Waals surface area contributed by atoms with Crippen molar-refractivity contribution in [3.63, 3.8) is 0 Å². The predicted molar refractivity (Wildman–Crippen MR) is 70.7 cm³/mol. The van der Waals surface area contributed by atoms with Crippen LogP contribution in [0.15, 0.2) is 40.2 Å². The summed E-state index contributed by atoms with van der Waals surface area (Å²) in [6, 6.07) is 10.0. The molecule has 1 aromatic carbocycles. The molecule has 0 aliphatic heterocycles. The van der Waals surface area contributed by atoms with E-state index in [-0.39, 0.29) is 0 Å². The summed E-state index contributed by atoms with van der Waals surface area (Å²) in [6.07, 6.45) is 0. The Hall–Kier alpha value is -0.840. The minimum absolute atomic E-state index is 0.523. The lowest BCUT2D eigenvalue weighted by molar-refractivity contribution is 0.309. The van der Waals surface area contributed by atoms with Gasteiger partial charge in [0.15, 0.2) is 0 Å². The van der Waals surface area contributed by atoms with Crippen molar-refractivity contribution in [2.24, 2.45) is 5.73 Å². The number of halogens is 1. The molecule has 0 amide bonds. The van der Waals surface area contributed by atoms with Gasteiger partial charge >= 0.3 is 0 Å². The van der Waals surface area contributed by atoms with E-state index in [1.807, 2.05) is 29.6 Å². The van der Waals surface area contributed by atoms with Gasteiger partial charge in [0, 0.05) is 15.9 Å². The van der Waals surface area contributed by atoms with Gasteiger partial charge in [0.1, 0.15) is 12.4 Å². The van der Waals surface area contributed by atoms with Crippen LogP contribution in [0.4, 0.5) is 0 Å². The zero-order valence-electron chi connectivity index (χ0n) is 8.65. The fourth-order valence-electron chi connectivity index (χ4n) is 1.37. The average Bonchev–Trinajstić information content (AvgIpc) is 2.78. The van der Waals surface area contributed by atoms with Crippen LogP contribution in [-0.2, 0) is 13.2 Å². The Morgan fingerprint density at radius 1 is 1.31 bits per heavy atom. The van der Waals surface area contributed by atoms with Gasteiger partial charge in [-0.25, -0.2) is 0 Å². The zero-order chi connectivity index (χ0) is 11.4. The van der Waals surface area contributed by atoms with E-state index in [1.165, 1.54) is 4.88 Å². The molecule has 0 saturated carbocycles. The summed E-state index contributed by atoms with van der Waals surface area (Å²) in [5.41, 5.74) is 6.67. The summed E-state index contributed by atoms with van der Waals surface area (Å²) >= 11 is 5.13. The molecule has 1 heterocycles. The number of benzene rings is 1. The highest BCUT2D eigenvalue weighted by molar-refractivity contribution is 9.10. The van der Waals surface area contributed by atoms with Crippen molar-refractivity contribution in [2.45, 2.75) is 13.2 Å². The lowest BCUT2D eigenvalue weighted by Crippen LogP contribution is -1.98. The monoisotopic (exact) mass is 297 g/mol. The fraction of sp³-hybridized carbons (Fsp3) is 0.167. The largest absolute Gasteiger partial charge is 0.488 e. The topological polar surface area (TPSA) is 35.2 Å². The molecule has 2 aromatic rings. The molecule has 84 valence electrons. The molecular weight excluding hydrogens is 286 g/mol. The minimum Gasteiger partial charge on any atom is -0.488 e. The molecule has 0 aliphatic carbocycles. The highest BCUT2D eigenvalue weighted by Crippen LogP contribution is 2.22. The standard InChI is InChI=1S/C12H12BrNOS/c13-10-4-9(7-14)5-11(6-10)15-8-12-2-1-3-16-12/h1-6H,7-8,14H2. The molecule has 1 aromatic heterocycles. The Morgan fingerprint density at radius 2 is 2.19 bits per heavy atom. The van der Waals surface area contributed by atoms with Crippen LogP contribution in [0.25, 0.3) is 0 Å². The van der Waals surface area contributed by atoms with E-state index in [2.05, 4.69) is 22.0 Å². The molecule has 2 nitrogen and oxygen atoms in total. The summed E-state index contributed by atoms with van der Waals surface area (Å²) < 4.78 is 6.70. The smallest absolute Gasteiger partial charge is 0.122 e. The molecule has 16 heavy (non-hydrogen) atoms. The quantitative estimate of drug-likeness (QED) is 0.937. The summed E-state index contributed by atoms with van der Waals surface area (Å²) in [5.74, 6) is 0.850. The number of rotatable bonds is 4. The molecule has 0 unspecified atom stereocenters. The highest BCUT2D eigenvalue weighted by atomic mass is 79.9. The predicted octanol–water partition coefficient (Wildman–Crippen LogP) is 3.55. The van der Waals surface area contributed by atoms with Gasteiger partial charge in [-0.05, 0) is 35.2 Å². The summed E-state index contributed by atoms with van der Waals surface area (Å²) in [6.45, 7) is 1.13. The number of thiophene rings is 1. The van der Waals surface area contributed by atoms with E-state index >= 15 is 0 Å². The number of nitrogens with two attached hydrogens (primary N) is 1. The molecule has 2 N–H and O–H groups in total. The van der Waals surface area contributed by atoms with Crippen LogP contribution in [0.1, 0.15) is 10.4 Å². The molecule has 0 fully saturated rings. The average molecular weight is 298 g/mol. The first-order chi connectivity index (χ1) is 7.78. The third-order valence-corrected chi connectivity index (χ3v) is 3.44. The van der Waals surface area contributed by atoms with Crippen LogP contribution in [0, 0.1) is 0 Å². The third kappa shape index (κ3) is 3.07. The van der Waals surface area contributed by atoms with Crippen molar-refractivity contribution in [2.75, 3.05) is 0 Å². The Bertz CT molecular complexity index is 456. The first-order valence-electron chi connectivity index (χ1n) is 4.92. The van der Waals surface area contributed by atoms with E-state index in [9.17, 15) is 0 Å². The van der Waals surface area contributed by atoms with Gasteiger partial charge in [0.2, 0.25) is 0 Å². The van der Waals surface area contributed by atoms with Gasteiger partial charge in [-0.1, -0.05) is 22.0 Å². The van der Waals surface area contributed by atoms with Crippen LogP contribution >= 0.6 is 27.3 Å². The maximum absolute atomic E-state index is 5.70. The van der Waals surface area contributed by atoms with E-state index in [4.69, 9.17) is 10.5 Å². The second-order valence-corrected chi connectivity index (χ2v) is 5.32. The molecule has 4 heteroatoms. The summed E-state index contributed by atoms with van der Waals surface area (Å²) in [4.78, 5) is 1.22. The van der Waals surface area contributed by atoms with Crippen molar-refractivity contribution in [1.29, 1.82) is 0 Å². The Balaban J connectivity index is 2.06. The van der Waals surface area contributed by atoms with Crippen LogP contribution in [-0.4, -0.2) is 0 Å². The van der Waals surface area contributed by atoms with Gasteiger partial charge in [0.25, 0.3) is 0 Å². The summed E-state index contributed by atoms with van der Waals surface area (Å²) in [7, 11) is 0. The molecular formula is C12H12BrNOS. The van der Waals surface area contributed by atoms with Crippen molar-refractivity contribution in [3.05, 3.63) is 50.6 Å². The van der Waals surface area contributed by atoms with Gasteiger partial charge in [-0.2, -0.15) is 0 Å².